The third kappa shape index (κ3) is 5.57. The van der Waals surface area contributed by atoms with Gasteiger partial charge in [-0.1, -0.05) is 19.1 Å². The van der Waals surface area contributed by atoms with E-state index in [4.69, 9.17) is 4.74 Å². The zero-order valence-electron chi connectivity index (χ0n) is 19.4. The van der Waals surface area contributed by atoms with Crippen LogP contribution in [0.15, 0.2) is 53.4 Å². The number of nitrogens with zero attached hydrogens (tertiary/aromatic N) is 2. The summed E-state index contributed by atoms with van der Waals surface area (Å²) in [4.78, 5) is 15.4. The number of morpholine rings is 1. The van der Waals surface area contributed by atoms with Gasteiger partial charge < -0.3 is 15.0 Å². The number of piperidine rings is 1. The largest absolute Gasteiger partial charge is 0.379 e. The van der Waals surface area contributed by atoms with E-state index in [0.717, 1.165) is 18.7 Å². The van der Waals surface area contributed by atoms with Gasteiger partial charge in [-0.2, -0.15) is 4.31 Å². The molecule has 2 aliphatic rings. The zero-order valence-corrected chi connectivity index (χ0v) is 20.2. The second-order valence-corrected chi connectivity index (χ2v) is 11.0. The van der Waals surface area contributed by atoms with Crippen LogP contribution in [-0.4, -0.2) is 58.0 Å². The number of carbonyl (C=O) groups excluding carboxylic acids is 1. The lowest BCUT2D eigenvalue weighted by atomic mass is 9.99. The summed E-state index contributed by atoms with van der Waals surface area (Å²) in [7, 11) is -3.57. The van der Waals surface area contributed by atoms with Gasteiger partial charge in [0.15, 0.2) is 0 Å². The molecule has 0 aliphatic carbocycles. The Bertz CT molecular complexity index is 1050. The Morgan fingerprint density at radius 3 is 2.33 bits per heavy atom. The van der Waals surface area contributed by atoms with Crippen molar-refractivity contribution < 1.29 is 17.9 Å². The standard InChI is InChI=1S/C25H33N3O4S/c1-19-4-3-13-27(18-19)23-9-5-21(6-10-23)20(2)26-25(29)22-7-11-24(12-8-22)33(30,31)28-14-16-32-17-15-28/h5-12,19-20H,3-4,13-18H2,1-2H3,(H,26,29)/t19-,20+/m1/s1. The fourth-order valence-corrected chi connectivity index (χ4v) is 5.88. The van der Waals surface area contributed by atoms with Crippen LogP contribution in [0.1, 0.15) is 48.7 Å². The van der Waals surface area contributed by atoms with Crippen LogP contribution in [0.3, 0.4) is 0 Å². The molecule has 1 N–H and O–H groups in total. The number of hydrogen-bond donors (Lipinski definition) is 1. The summed E-state index contributed by atoms with van der Waals surface area (Å²) in [5.41, 5.74) is 2.69. The first kappa shape index (κ1) is 23.7. The maximum absolute atomic E-state index is 12.8. The van der Waals surface area contributed by atoms with Crippen LogP contribution < -0.4 is 10.2 Å². The number of nitrogens with one attached hydrogen (secondary N) is 1. The van der Waals surface area contributed by atoms with Crippen molar-refractivity contribution >= 4 is 21.6 Å². The molecule has 0 bridgehead atoms. The topological polar surface area (TPSA) is 79.0 Å². The van der Waals surface area contributed by atoms with E-state index in [1.807, 2.05) is 6.92 Å². The minimum absolute atomic E-state index is 0.163. The number of anilines is 1. The van der Waals surface area contributed by atoms with E-state index in [0.29, 0.717) is 37.8 Å². The molecule has 2 aromatic rings. The van der Waals surface area contributed by atoms with E-state index in [2.05, 4.69) is 41.4 Å². The van der Waals surface area contributed by atoms with Crippen molar-refractivity contribution in [2.24, 2.45) is 5.92 Å². The number of benzene rings is 2. The van der Waals surface area contributed by atoms with Crippen LogP contribution in [0.5, 0.6) is 0 Å². The Balaban J connectivity index is 1.37. The minimum atomic E-state index is -3.57. The molecule has 0 aromatic heterocycles. The number of hydrogen-bond acceptors (Lipinski definition) is 5. The van der Waals surface area contributed by atoms with E-state index in [1.54, 1.807) is 12.1 Å². The van der Waals surface area contributed by atoms with E-state index in [-0.39, 0.29) is 16.8 Å². The normalized spacial score (nSPS) is 20.9. The lowest BCUT2D eigenvalue weighted by molar-refractivity contribution is 0.0730. The molecular formula is C25H33N3O4S. The monoisotopic (exact) mass is 471 g/mol. The molecule has 2 aliphatic heterocycles. The Hall–Kier alpha value is -2.42. The van der Waals surface area contributed by atoms with Gasteiger partial charge in [0.1, 0.15) is 0 Å². The van der Waals surface area contributed by atoms with Gasteiger partial charge >= 0.3 is 0 Å². The summed E-state index contributed by atoms with van der Waals surface area (Å²) < 4.78 is 32.2. The van der Waals surface area contributed by atoms with Gasteiger partial charge in [-0.3, -0.25) is 4.79 Å². The summed E-state index contributed by atoms with van der Waals surface area (Å²) in [6.07, 6.45) is 2.51. The average Bonchev–Trinajstić information content (AvgIpc) is 2.84. The molecule has 0 saturated carbocycles. The molecule has 2 aromatic carbocycles. The molecule has 0 spiro atoms. The maximum Gasteiger partial charge on any atom is 0.251 e. The first-order chi connectivity index (χ1) is 15.8. The van der Waals surface area contributed by atoms with E-state index in [1.165, 1.54) is 35.0 Å². The molecule has 8 heteroatoms. The molecule has 0 radical (unpaired) electrons. The highest BCUT2D eigenvalue weighted by atomic mass is 32.2. The summed E-state index contributed by atoms with van der Waals surface area (Å²) in [6.45, 7) is 7.91. The van der Waals surface area contributed by atoms with Crippen LogP contribution in [0.2, 0.25) is 0 Å². The van der Waals surface area contributed by atoms with Gasteiger partial charge in [0.2, 0.25) is 10.0 Å². The summed E-state index contributed by atoms with van der Waals surface area (Å²) >= 11 is 0. The molecule has 7 nitrogen and oxygen atoms in total. The van der Waals surface area contributed by atoms with Crippen molar-refractivity contribution in [2.45, 2.75) is 37.6 Å². The molecule has 33 heavy (non-hydrogen) atoms. The number of rotatable bonds is 6. The average molecular weight is 472 g/mol. The van der Waals surface area contributed by atoms with Crippen molar-refractivity contribution in [1.82, 2.24) is 9.62 Å². The van der Waals surface area contributed by atoms with Crippen LogP contribution in [0.4, 0.5) is 5.69 Å². The number of ether oxygens (including phenoxy) is 1. The van der Waals surface area contributed by atoms with Crippen molar-refractivity contribution in [1.29, 1.82) is 0 Å². The number of sulfonamides is 1. The number of amides is 1. The van der Waals surface area contributed by atoms with Crippen molar-refractivity contribution in [2.75, 3.05) is 44.3 Å². The fraction of sp³-hybridized carbons (Fsp3) is 0.480. The lowest BCUT2D eigenvalue weighted by Gasteiger charge is -2.33. The van der Waals surface area contributed by atoms with Crippen LogP contribution >= 0.6 is 0 Å². The fourth-order valence-electron chi connectivity index (χ4n) is 4.48. The third-order valence-electron chi connectivity index (χ3n) is 6.49. The van der Waals surface area contributed by atoms with Gasteiger partial charge in [0.25, 0.3) is 5.91 Å². The second kappa shape index (κ2) is 10.2. The van der Waals surface area contributed by atoms with Crippen molar-refractivity contribution in [3.05, 3.63) is 59.7 Å². The SMILES string of the molecule is C[C@@H]1CCCN(c2ccc([C@H](C)NC(=O)c3ccc(S(=O)(=O)N4CCOCC4)cc3)cc2)C1. The summed E-state index contributed by atoms with van der Waals surface area (Å²) in [6, 6.07) is 14.4. The first-order valence-corrected chi connectivity index (χ1v) is 13.1. The van der Waals surface area contributed by atoms with Gasteiger partial charge in [-0.15, -0.1) is 0 Å². The molecule has 178 valence electrons. The molecule has 2 heterocycles. The predicted octanol–water partition coefficient (Wildman–Crippen LogP) is 3.43. The van der Waals surface area contributed by atoms with Gasteiger partial charge in [0, 0.05) is 37.4 Å². The van der Waals surface area contributed by atoms with E-state index >= 15 is 0 Å². The number of carbonyl (C=O) groups is 1. The molecular weight excluding hydrogens is 438 g/mol. The van der Waals surface area contributed by atoms with E-state index in [9.17, 15) is 13.2 Å². The van der Waals surface area contributed by atoms with E-state index < -0.39 is 10.0 Å². The highest BCUT2D eigenvalue weighted by Crippen LogP contribution is 2.25. The molecule has 1 amide bonds. The molecule has 2 saturated heterocycles. The van der Waals surface area contributed by atoms with Gasteiger partial charge in [-0.05, 0) is 67.6 Å². The molecule has 2 atom stereocenters. The maximum atomic E-state index is 12.8. The Morgan fingerprint density at radius 2 is 1.70 bits per heavy atom. The Kier molecular flexibility index (Phi) is 7.36. The lowest BCUT2D eigenvalue weighted by Crippen LogP contribution is -2.40. The smallest absolute Gasteiger partial charge is 0.251 e. The summed E-state index contributed by atoms with van der Waals surface area (Å²) in [5, 5.41) is 3.01. The predicted molar refractivity (Wildman–Crippen MR) is 129 cm³/mol. The molecule has 2 fully saturated rings. The molecule has 4 rings (SSSR count). The second-order valence-electron chi connectivity index (χ2n) is 9.02. The minimum Gasteiger partial charge on any atom is -0.379 e. The van der Waals surface area contributed by atoms with Crippen molar-refractivity contribution in [3.63, 3.8) is 0 Å². The molecule has 0 unspecified atom stereocenters. The van der Waals surface area contributed by atoms with Gasteiger partial charge in [-0.25, -0.2) is 8.42 Å². The summed E-state index contributed by atoms with van der Waals surface area (Å²) in [5.74, 6) is 0.485. The first-order valence-electron chi connectivity index (χ1n) is 11.7. The van der Waals surface area contributed by atoms with Crippen LogP contribution in [0, 0.1) is 5.92 Å². The van der Waals surface area contributed by atoms with Crippen molar-refractivity contribution in [3.8, 4) is 0 Å². The Labute approximate surface area is 196 Å². The van der Waals surface area contributed by atoms with Gasteiger partial charge in [0.05, 0.1) is 24.2 Å². The quantitative estimate of drug-likeness (QED) is 0.698. The Morgan fingerprint density at radius 1 is 1.03 bits per heavy atom. The zero-order chi connectivity index (χ0) is 23.4. The highest BCUT2D eigenvalue weighted by Gasteiger charge is 2.26. The van der Waals surface area contributed by atoms with Crippen LogP contribution in [0.25, 0.3) is 0 Å². The third-order valence-corrected chi connectivity index (χ3v) is 8.40. The van der Waals surface area contributed by atoms with Crippen LogP contribution in [-0.2, 0) is 14.8 Å². The highest BCUT2D eigenvalue weighted by molar-refractivity contribution is 7.89.